The quantitative estimate of drug-likeness (QED) is 0.625. The Hall–Kier alpha value is -1.07. The van der Waals surface area contributed by atoms with Gasteiger partial charge in [0.15, 0.2) is 17.5 Å². The minimum Gasteiger partial charge on any atom is -0.388 e. The molecule has 92 valence electrons. The second-order valence-corrected chi connectivity index (χ2v) is 5.15. The Morgan fingerprint density at radius 3 is 3.24 bits per heavy atom. The van der Waals surface area contributed by atoms with Crippen LogP contribution in [0.4, 0.5) is 0 Å². The second-order valence-electron chi connectivity index (χ2n) is 4.76. The molecule has 2 bridgehead atoms. The number of piperidine rings is 1. The Kier molecular flexibility index (Phi) is 3.03. The minimum absolute atomic E-state index is 0.282. The molecular weight excluding hydrogens is 242 g/mol. The third-order valence-corrected chi connectivity index (χ3v) is 3.79. The van der Waals surface area contributed by atoms with E-state index < -0.39 is 0 Å². The van der Waals surface area contributed by atoms with E-state index in [-0.39, 0.29) is 6.61 Å². The summed E-state index contributed by atoms with van der Waals surface area (Å²) in [5, 5.41) is 7.91. The van der Waals surface area contributed by atoms with Gasteiger partial charge in [-0.15, -0.1) is 0 Å². The number of hydrogen-bond acceptors (Lipinski definition) is 4. The molecule has 3 rings (SSSR count). The highest BCUT2D eigenvalue weighted by Gasteiger charge is 2.41. The topological polar surface area (TPSA) is 52.1 Å². The lowest BCUT2D eigenvalue weighted by atomic mass is 9.94. The van der Waals surface area contributed by atoms with Gasteiger partial charge in [-0.25, -0.2) is 0 Å². The molecule has 6 heteroatoms. The van der Waals surface area contributed by atoms with E-state index in [1.807, 2.05) is 6.21 Å². The molecule has 1 aromatic heterocycles. The Bertz CT molecular complexity index is 421. The average Bonchev–Trinajstić information content (AvgIpc) is 3.00. The normalized spacial score (nSPS) is 31.5. The van der Waals surface area contributed by atoms with Gasteiger partial charge in [-0.3, -0.25) is 0 Å². The highest BCUT2D eigenvalue weighted by atomic mass is 35.5. The molecule has 0 amide bonds. The van der Waals surface area contributed by atoms with Crippen LogP contribution < -0.4 is 4.90 Å². The molecule has 3 heterocycles. The predicted molar refractivity (Wildman–Crippen MR) is 62.0 cm³/mol. The van der Waals surface area contributed by atoms with Crippen molar-refractivity contribution in [1.29, 1.82) is 0 Å². The minimum atomic E-state index is 0.282. The summed E-state index contributed by atoms with van der Waals surface area (Å²) in [4.78, 5) is 6.87. The van der Waals surface area contributed by atoms with Crippen LogP contribution in [-0.4, -0.2) is 31.0 Å². The van der Waals surface area contributed by atoms with Crippen LogP contribution in [-0.2, 0) is 11.4 Å². The summed E-state index contributed by atoms with van der Waals surface area (Å²) >= 11 is 5.62. The fourth-order valence-electron chi connectivity index (χ4n) is 2.77. The highest BCUT2D eigenvalue weighted by Crippen LogP contribution is 2.19. The number of nitrogens with one attached hydrogen (secondary N) is 1. The zero-order chi connectivity index (χ0) is 11.7. The van der Waals surface area contributed by atoms with Crippen LogP contribution >= 0.6 is 11.6 Å². The SMILES string of the molecule is Clc1cc(CO/N=C/C2C[NH+]3CCC2C3)on1. The lowest BCUT2D eigenvalue weighted by Gasteiger charge is -2.13. The molecule has 0 aromatic carbocycles. The van der Waals surface area contributed by atoms with Crippen molar-refractivity contribution in [3.8, 4) is 0 Å². The van der Waals surface area contributed by atoms with E-state index in [1.165, 1.54) is 26.1 Å². The number of fused-ring (bicyclic) bond motifs is 2. The molecule has 0 radical (unpaired) electrons. The number of oxime groups is 1. The van der Waals surface area contributed by atoms with Crippen LogP contribution in [0.25, 0.3) is 0 Å². The van der Waals surface area contributed by atoms with Crippen molar-refractivity contribution < 1.29 is 14.3 Å². The predicted octanol–water partition coefficient (Wildman–Crippen LogP) is 0.365. The first-order valence-electron chi connectivity index (χ1n) is 5.91. The van der Waals surface area contributed by atoms with E-state index in [1.54, 1.807) is 11.0 Å². The molecule has 0 aliphatic carbocycles. The molecule has 0 spiro atoms. The maximum Gasteiger partial charge on any atom is 0.178 e. The zero-order valence-electron chi connectivity index (χ0n) is 9.43. The Morgan fingerprint density at radius 2 is 2.59 bits per heavy atom. The van der Waals surface area contributed by atoms with Gasteiger partial charge in [0.1, 0.15) is 0 Å². The van der Waals surface area contributed by atoms with Crippen molar-refractivity contribution in [3.63, 3.8) is 0 Å². The molecular formula is C11H15ClN3O2+. The molecule has 5 nitrogen and oxygen atoms in total. The van der Waals surface area contributed by atoms with Crippen molar-refractivity contribution in [2.75, 3.05) is 19.6 Å². The van der Waals surface area contributed by atoms with Crippen LogP contribution in [0.1, 0.15) is 12.2 Å². The van der Waals surface area contributed by atoms with Gasteiger partial charge in [-0.1, -0.05) is 21.9 Å². The van der Waals surface area contributed by atoms with Gasteiger partial charge in [0.2, 0.25) is 0 Å². The van der Waals surface area contributed by atoms with Gasteiger partial charge >= 0.3 is 0 Å². The fraction of sp³-hybridized carbons (Fsp3) is 0.636. The average molecular weight is 257 g/mol. The monoisotopic (exact) mass is 256 g/mol. The Balaban J connectivity index is 1.45. The van der Waals surface area contributed by atoms with Crippen molar-refractivity contribution in [3.05, 3.63) is 17.0 Å². The molecule has 2 fully saturated rings. The van der Waals surface area contributed by atoms with E-state index in [0.717, 1.165) is 5.92 Å². The van der Waals surface area contributed by atoms with E-state index in [4.69, 9.17) is 21.0 Å². The third kappa shape index (κ3) is 2.45. The van der Waals surface area contributed by atoms with E-state index >= 15 is 0 Å². The molecule has 1 aromatic rings. The van der Waals surface area contributed by atoms with E-state index in [9.17, 15) is 0 Å². The second kappa shape index (κ2) is 4.66. The summed E-state index contributed by atoms with van der Waals surface area (Å²) in [5.41, 5.74) is 0. The molecule has 1 N–H and O–H groups in total. The van der Waals surface area contributed by atoms with Gasteiger partial charge in [0, 0.05) is 18.4 Å². The highest BCUT2D eigenvalue weighted by molar-refractivity contribution is 6.29. The standard InChI is InChI=1S/C11H14ClN3O2/c12-11-3-10(17-14-11)7-16-13-4-9-6-15-2-1-8(9)5-15/h3-4,8-9H,1-2,5-7H2/p+1/b13-4+. The van der Waals surface area contributed by atoms with Gasteiger partial charge in [-0.05, 0) is 0 Å². The van der Waals surface area contributed by atoms with Crippen molar-refractivity contribution in [1.82, 2.24) is 5.16 Å². The summed E-state index contributed by atoms with van der Waals surface area (Å²) in [6.45, 7) is 4.11. The lowest BCUT2D eigenvalue weighted by molar-refractivity contribution is -0.880. The number of aromatic nitrogens is 1. The van der Waals surface area contributed by atoms with Crippen LogP contribution in [0, 0.1) is 11.8 Å². The van der Waals surface area contributed by atoms with Gasteiger partial charge in [-0.2, -0.15) is 0 Å². The van der Waals surface area contributed by atoms with Crippen molar-refractivity contribution in [2.45, 2.75) is 13.0 Å². The maximum absolute atomic E-state index is 5.62. The first kappa shape index (κ1) is 11.0. The number of hydrogen-bond donors (Lipinski definition) is 1. The summed E-state index contributed by atoms with van der Waals surface area (Å²) < 4.78 is 4.90. The van der Waals surface area contributed by atoms with Crippen molar-refractivity contribution >= 4 is 17.8 Å². The molecule has 2 aliphatic rings. The van der Waals surface area contributed by atoms with Crippen LogP contribution in [0.5, 0.6) is 0 Å². The summed E-state index contributed by atoms with van der Waals surface area (Å²) in [6, 6.07) is 1.63. The summed E-state index contributed by atoms with van der Waals surface area (Å²) in [6.07, 6.45) is 3.26. The molecule has 3 unspecified atom stereocenters. The molecule has 17 heavy (non-hydrogen) atoms. The summed E-state index contributed by atoms with van der Waals surface area (Å²) in [5.74, 6) is 1.98. The lowest BCUT2D eigenvalue weighted by Crippen LogP contribution is -3.09. The number of halogens is 1. The Labute approximate surface area is 104 Å². The molecule has 2 saturated heterocycles. The van der Waals surface area contributed by atoms with Crippen molar-refractivity contribution in [2.24, 2.45) is 17.0 Å². The molecule has 3 atom stereocenters. The van der Waals surface area contributed by atoms with Crippen LogP contribution in [0.2, 0.25) is 5.15 Å². The van der Waals surface area contributed by atoms with Crippen LogP contribution in [0.3, 0.4) is 0 Å². The smallest absolute Gasteiger partial charge is 0.178 e. The van der Waals surface area contributed by atoms with Gasteiger partial charge < -0.3 is 14.3 Å². The number of quaternary nitrogens is 1. The Morgan fingerprint density at radius 1 is 1.65 bits per heavy atom. The van der Waals surface area contributed by atoms with Gasteiger partial charge in [0.05, 0.1) is 31.8 Å². The zero-order valence-corrected chi connectivity index (χ0v) is 10.2. The van der Waals surface area contributed by atoms with E-state index in [0.29, 0.717) is 16.8 Å². The van der Waals surface area contributed by atoms with Crippen LogP contribution in [0.15, 0.2) is 15.7 Å². The first-order chi connectivity index (χ1) is 8.31. The van der Waals surface area contributed by atoms with E-state index in [2.05, 4.69) is 10.3 Å². The molecule has 0 saturated carbocycles. The fourth-order valence-corrected chi connectivity index (χ4v) is 2.92. The first-order valence-corrected chi connectivity index (χ1v) is 6.29. The molecule has 2 aliphatic heterocycles. The number of rotatable bonds is 4. The van der Waals surface area contributed by atoms with Gasteiger partial charge in [0.25, 0.3) is 0 Å². The maximum atomic E-state index is 5.62. The number of nitrogens with zero attached hydrogens (tertiary/aromatic N) is 2. The summed E-state index contributed by atoms with van der Waals surface area (Å²) in [7, 11) is 0. The third-order valence-electron chi connectivity index (χ3n) is 3.61. The largest absolute Gasteiger partial charge is 0.388 e.